The molecule has 0 unspecified atom stereocenters. The molecule has 0 atom stereocenters. The number of rotatable bonds is 5. The molecule has 20 heavy (non-hydrogen) atoms. The van der Waals surface area contributed by atoms with Crippen LogP contribution in [0.3, 0.4) is 0 Å². The molecule has 0 aliphatic carbocycles. The summed E-state index contributed by atoms with van der Waals surface area (Å²) in [5.74, 6) is -0.431. The topological polar surface area (TPSA) is 72.5 Å². The highest BCUT2D eigenvalue weighted by atomic mass is 16.5. The van der Waals surface area contributed by atoms with Gasteiger partial charge in [0.25, 0.3) is 0 Å². The van der Waals surface area contributed by atoms with Crippen LogP contribution >= 0.6 is 0 Å². The van der Waals surface area contributed by atoms with Gasteiger partial charge in [0.2, 0.25) is 0 Å². The Labute approximate surface area is 117 Å². The minimum atomic E-state index is -0.900. The van der Waals surface area contributed by atoms with E-state index >= 15 is 0 Å². The van der Waals surface area contributed by atoms with Gasteiger partial charge in [0.1, 0.15) is 12.4 Å². The van der Waals surface area contributed by atoms with Crippen LogP contribution in [0.25, 0.3) is 0 Å². The maximum Gasteiger partial charge on any atom is 0.307 e. The van der Waals surface area contributed by atoms with Crippen LogP contribution in [-0.2, 0) is 17.8 Å². The number of carbonyl (C=O) groups is 1. The molecule has 0 heterocycles. The predicted molar refractivity (Wildman–Crippen MR) is 77.7 cm³/mol. The van der Waals surface area contributed by atoms with Gasteiger partial charge in [0.05, 0.1) is 12.1 Å². The summed E-state index contributed by atoms with van der Waals surface area (Å²) in [6.45, 7) is 2.22. The summed E-state index contributed by atoms with van der Waals surface area (Å²) in [5, 5.41) is 9.00. The molecule has 4 nitrogen and oxygen atoms in total. The van der Waals surface area contributed by atoms with Gasteiger partial charge in [-0.3, -0.25) is 4.79 Å². The van der Waals surface area contributed by atoms with Gasteiger partial charge >= 0.3 is 5.97 Å². The van der Waals surface area contributed by atoms with Crippen molar-refractivity contribution >= 4 is 11.7 Å². The maximum absolute atomic E-state index is 11.0. The second-order valence-electron chi connectivity index (χ2n) is 4.62. The SMILES string of the molecule is Cc1ccc(N)c(OCc2ccccc2)c1CC(=O)O. The van der Waals surface area contributed by atoms with Gasteiger partial charge < -0.3 is 15.6 Å². The van der Waals surface area contributed by atoms with Crippen molar-refractivity contribution in [1.29, 1.82) is 0 Å². The van der Waals surface area contributed by atoms with Gasteiger partial charge in [0.15, 0.2) is 0 Å². The lowest BCUT2D eigenvalue weighted by Crippen LogP contribution is -2.08. The Bertz CT molecular complexity index is 609. The van der Waals surface area contributed by atoms with E-state index in [1.165, 1.54) is 0 Å². The van der Waals surface area contributed by atoms with Crippen molar-refractivity contribution in [3.8, 4) is 5.75 Å². The third kappa shape index (κ3) is 3.29. The number of hydrogen-bond donors (Lipinski definition) is 2. The monoisotopic (exact) mass is 271 g/mol. The number of anilines is 1. The molecular weight excluding hydrogens is 254 g/mol. The first kappa shape index (κ1) is 13.9. The minimum absolute atomic E-state index is 0.0962. The van der Waals surface area contributed by atoms with Gasteiger partial charge in [-0.15, -0.1) is 0 Å². The Hall–Kier alpha value is -2.49. The number of benzene rings is 2. The summed E-state index contributed by atoms with van der Waals surface area (Å²) in [6.07, 6.45) is -0.0962. The fraction of sp³-hybridized carbons (Fsp3) is 0.188. The van der Waals surface area contributed by atoms with Gasteiger partial charge in [0, 0.05) is 5.56 Å². The molecule has 0 aliphatic heterocycles. The first-order chi connectivity index (χ1) is 9.58. The zero-order valence-corrected chi connectivity index (χ0v) is 11.3. The summed E-state index contributed by atoms with van der Waals surface area (Å²) in [5.41, 5.74) is 8.88. The van der Waals surface area contributed by atoms with Crippen LogP contribution in [0, 0.1) is 6.92 Å². The largest absolute Gasteiger partial charge is 0.486 e. The normalized spacial score (nSPS) is 10.2. The first-order valence-corrected chi connectivity index (χ1v) is 6.34. The lowest BCUT2D eigenvalue weighted by molar-refractivity contribution is -0.136. The van der Waals surface area contributed by atoms with Crippen LogP contribution in [0.5, 0.6) is 5.75 Å². The molecular formula is C16H17NO3. The van der Waals surface area contributed by atoms with Crippen molar-refractivity contribution in [2.45, 2.75) is 20.0 Å². The van der Waals surface area contributed by atoms with E-state index in [2.05, 4.69) is 0 Å². The van der Waals surface area contributed by atoms with Gasteiger partial charge in [-0.05, 0) is 24.1 Å². The molecule has 0 fully saturated rings. The zero-order chi connectivity index (χ0) is 14.5. The molecule has 0 aliphatic rings. The van der Waals surface area contributed by atoms with Gasteiger partial charge in [-0.25, -0.2) is 0 Å². The number of carboxylic acid groups (broad SMARTS) is 1. The van der Waals surface area contributed by atoms with Crippen LogP contribution in [0.4, 0.5) is 5.69 Å². The van der Waals surface area contributed by atoms with Crippen LogP contribution in [0.2, 0.25) is 0 Å². The van der Waals surface area contributed by atoms with E-state index in [0.717, 1.165) is 11.1 Å². The Balaban J connectivity index is 2.25. The molecule has 2 rings (SSSR count). The quantitative estimate of drug-likeness (QED) is 0.820. The molecule has 2 aromatic rings. The van der Waals surface area contributed by atoms with Crippen molar-refractivity contribution in [3.05, 3.63) is 59.2 Å². The average molecular weight is 271 g/mol. The standard InChI is InChI=1S/C16H17NO3/c1-11-7-8-14(17)16(13(11)9-15(18)19)20-10-12-5-3-2-4-6-12/h2-8H,9-10,17H2,1H3,(H,18,19). The molecule has 0 aromatic heterocycles. The number of aryl methyl sites for hydroxylation is 1. The number of ether oxygens (including phenoxy) is 1. The Morgan fingerprint density at radius 2 is 1.90 bits per heavy atom. The lowest BCUT2D eigenvalue weighted by atomic mass is 10.0. The Kier molecular flexibility index (Phi) is 4.25. The van der Waals surface area contributed by atoms with Gasteiger partial charge in [-0.2, -0.15) is 0 Å². The summed E-state index contributed by atoms with van der Waals surface area (Å²) < 4.78 is 5.75. The molecule has 0 saturated heterocycles. The summed E-state index contributed by atoms with van der Waals surface area (Å²) >= 11 is 0. The van der Waals surface area contributed by atoms with Crippen molar-refractivity contribution in [1.82, 2.24) is 0 Å². The minimum Gasteiger partial charge on any atom is -0.486 e. The maximum atomic E-state index is 11.0. The molecule has 0 spiro atoms. The van der Waals surface area contributed by atoms with Crippen molar-refractivity contribution in [2.75, 3.05) is 5.73 Å². The molecule has 3 N–H and O–H groups in total. The highest BCUT2D eigenvalue weighted by molar-refractivity contribution is 5.74. The number of hydrogen-bond acceptors (Lipinski definition) is 3. The molecule has 4 heteroatoms. The number of nitrogen functional groups attached to an aromatic ring is 1. The van der Waals surface area contributed by atoms with Gasteiger partial charge in [-0.1, -0.05) is 36.4 Å². The smallest absolute Gasteiger partial charge is 0.307 e. The molecule has 0 amide bonds. The number of nitrogens with two attached hydrogens (primary N) is 1. The summed E-state index contributed by atoms with van der Waals surface area (Å²) in [6, 6.07) is 13.2. The fourth-order valence-corrected chi connectivity index (χ4v) is 2.02. The lowest BCUT2D eigenvalue weighted by Gasteiger charge is -2.15. The van der Waals surface area contributed by atoms with E-state index in [0.29, 0.717) is 23.6 Å². The molecule has 104 valence electrons. The fourth-order valence-electron chi connectivity index (χ4n) is 2.02. The molecule has 2 aromatic carbocycles. The van der Waals surface area contributed by atoms with Crippen LogP contribution in [-0.4, -0.2) is 11.1 Å². The van der Waals surface area contributed by atoms with Crippen molar-refractivity contribution < 1.29 is 14.6 Å². The highest BCUT2D eigenvalue weighted by Crippen LogP contribution is 2.30. The van der Waals surface area contributed by atoms with Crippen LogP contribution in [0.1, 0.15) is 16.7 Å². The molecule has 0 radical (unpaired) electrons. The van der Waals surface area contributed by atoms with Crippen LogP contribution in [0.15, 0.2) is 42.5 Å². The van der Waals surface area contributed by atoms with E-state index in [9.17, 15) is 4.79 Å². The van der Waals surface area contributed by atoms with Crippen molar-refractivity contribution in [3.63, 3.8) is 0 Å². The average Bonchev–Trinajstić information content (AvgIpc) is 2.43. The predicted octanol–water partition coefficient (Wildman–Crippen LogP) is 2.78. The zero-order valence-electron chi connectivity index (χ0n) is 11.3. The first-order valence-electron chi connectivity index (χ1n) is 6.34. The number of carboxylic acids is 1. The summed E-state index contributed by atoms with van der Waals surface area (Å²) in [7, 11) is 0. The third-order valence-electron chi connectivity index (χ3n) is 3.08. The second kappa shape index (κ2) is 6.10. The number of aliphatic carboxylic acids is 1. The Morgan fingerprint density at radius 1 is 1.20 bits per heavy atom. The Morgan fingerprint density at radius 3 is 2.55 bits per heavy atom. The van der Waals surface area contributed by atoms with E-state index in [4.69, 9.17) is 15.6 Å². The van der Waals surface area contributed by atoms with E-state index < -0.39 is 5.97 Å². The molecule has 0 saturated carbocycles. The second-order valence-corrected chi connectivity index (χ2v) is 4.62. The third-order valence-corrected chi connectivity index (χ3v) is 3.08. The van der Waals surface area contributed by atoms with Crippen LogP contribution < -0.4 is 10.5 Å². The van der Waals surface area contributed by atoms with E-state index in [1.54, 1.807) is 6.07 Å². The van der Waals surface area contributed by atoms with E-state index in [-0.39, 0.29) is 6.42 Å². The molecule has 0 bridgehead atoms. The summed E-state index contributed by atoms with van der Waals surface area (Å²) in [4.78, 5) is 11.0. The van der Waals surface area contributed by atoms with E-state index in [1.807, 2.05) is 43.3 Å². The van der Waals surface area contributed by atoms with Crippen molar-refractivity contribution in [2.24, 2.45) is 0 Å². The highest BCUT2D eigenvalue weighted by Gasteiger charge is 2.14.